The first-order valence-electron chi connectivity index (χ1n) is 6.83. The molecule has 0 aliphatic heterocycles. The minimum absolute atomic E-state index is 0.151. The molecule has 0 saturated heterocycles. The minimum atomic E-state index is -4.68. The molecule has 0 spiro atoms. The molecule has 0 aliphatic carbocycles. The summed E-state index contributed by atoms with van der Waals surface area (Å²) in [5.41, 5.74) is 6.51. The summed E-state index contributed by atoms with van der Waals surface area (Å²) in [4.78, 5) is 14.1. The van der Waals surface area contributed by atoms with E-state index in [-0.39, 0.29) is 11.7 Å². The number of hydrogen-bond donors (Lipinski definition) is 1. The number of halogens is 3. The summed E-state index contributed by atoms with van der Waals surface area (Å²) >= 11 is 1.52. The van der Waals surface area contributed by atoms with Crippen molar-refractivity contribution in [3.63, 3.8) is 0 Å². The highest BCUT2D eigenvalue weighted by atomic mass is 32.2. The quantitative estimate of drug-likeness (QED) is 0.850. The standard InChI is InChI=1S/C14H16F3N5OS/c1-22(2)13-20-11(19-12(18)21-13)8-24-7-9-3-5-10(6-4-9)23-14(15,16)17/h3-6H,7-8H2,1-2H3,(H2,18,19,20,21). The van der Waals surface area contributed by atoms with Gasteiger partial charge < -0.3 is 15.4 Å². The van der Waals surface area contributed by atoms with Crippen LogP contribution >= 0.6 is 11.8 Å². The second kappa shape index (κ2) is 7.56. The number of nitrogens with zero attached hydrogens (tertiary/aromatic N) is 4. The number of alkyl halides is 3. The molecule has 0 saturated carbocycles. The van der Waals surface area contributed by atoms with E-state index in [1.54, 1.807) is 31.1 Å². The number of aromatic nitrogens is 3. The summed E-state index contributed by atoms with van der Waals surface area (Å²) in [6.07, 6.45) is -4.68. The van der Waals surface area contributed by atoms with Gasteiger partial charge in [-0.1, -0.05) is 12.1 Å². The van der Waals surface area contributed by atoms with Crippen molar-refractivity contribution in [2.75, 3.05) is 24.7 Å². The SMILES string of the molecule is CN(C)c1nc(N)nc(CSCc2ccc(OC(F)(F)F)cc2)n1. The maximum atomic E-state index is 12.1. The first kappa shape index (κ1) is 18.1. The first-order chi connectivity index (χ1) is 11.2. The molecule has 2 aromatic rings. The maximum absolute atomic E-state index is 12.1. The van der Waals surface area contributed by atoms with Gasteiger partial charge in [0.25, 0.3) is 0 Å². The van der Waals surface area contributed by atoms with Crippen LogP contribution in [0.25, 0.3) is 0 Å². The molecule has 0 bridgehead atoms. The van der Waals surface area contributed by atoms with Crippen molar-refractivity contribution in [3.8, 4) is 5.75 Å². The van der Waals surface area contributed by atoms with Crippen molar-refractivity contribution < 1.29 is 17.9 Å². The van der Waals surface area contributed by atoms with E-state index in [2.05, 4.69) is 19.7 Å². The molecule has 24 heavy (non-hydrogen) atoms. The summed E-state index contributed by atoms with van der Waals surface area (Å²) in [5, 5.41) is 0. The highest BCUT2D eigenvalue weighted by molar-refractivity contribution is 7.97. The Hall–Kier alpha value is -2.23. The predicted octanol–water partition coefficient (Wildman–Crippen LogP) is 2.85. The maximum Gasteiger partial charge on any atom is 0.573 e. The van der Waals surface area contributed by atoms with Gasteiger partial charge in [-0.3, -0.25) is 0 Å². The van der Waals surface area contributed by atoms with E-state index >= 15 is 0 Å². The van der Waals surface area contributed by atoms with Crippen LogP contribution in [0.1, 0.15) is 11.4 Å². The molecular weight excluding hydrogens is 343 g/mol. The number of rotatable bonds is 6. The Morgan fingerprint density at radius 1 is 1.08 bits per heavy atom. The predicted molar refractivity (Wildman–Crippen MR) is 86.7 cm³/mol. The third-order valence-electron chi connectivity index (χ3n) is 2.74. The number of thioether (sulfide) groups is 1. The lowest BCUT2D eigenvalue weighted by Crippen LogP contribution is -2.17. The lowest BCUT2D eigenvalue weighted by atomic mass is 10.2. The Bertz CT molecular complexity index is 679. The van der Waals surface area contributed by atoms with Crippen LogP contribution < -0.4 is 15.4 Å². The number of benzene rings is 1. The molecule has 0 aliphatic rings. The monoisotopic (exact) mass is 359 g/mol. The fraction of sp³-hybridized carbons (Fsp3) is 0.357. The average Bonchev–Trinajstić information content (AvgIpc) is 2.47. The molecule has 1 aromatic heterocycles. The summed E-state index contributed by atoms with van der Waals surface area (Å²) in [6.45, 7) is 0. The van der Waals surface area contributed by atoms with Gasteiger partial charge in [0.05, 0.1) is 5.75 Å². The molecule has 0 unspecified atom stereocenters. The summed E-state index contributed by atoms with van der Waals surface area (Å²) < 4.78 is 40.1. The fourth-order valence-corrected chi connectivity index (χ4v) is 2.58. The van der Waals surface area contributed by atoms with Crippen LogP contribution in [0.4, 0.5) is 25.1 Å². The van der Waals surface area contributed by atoms with E-state index in [9.17, 15) is 13.2 Å². The third kappa shape index (κ3) is 5.76. The van der Waals surface area contributed by atoms with Crippen LogP contribution in [-0.2, 0) is 11.5 Å². The molecular formula is C14H16F3N5OS. The van der Waals surface area contributed by atoms with Gasteiger partial charge in [0.2, 0.25) is 11.9 Å². The highest BCUT2D eigenvalue weighted by Crippen LogP contribution is 2.24. The van der Waals surface area contributed by atoms with Crippen LogP contribution in [-0.4, -0.2) is 35.4 Å². The molecule has 1 aromatic carbocycles. The fourth-order valence-electron chi connectivity index (χ4n) is 1.74. The minimum Gasteiger partial charge on any atom is -0.406 e. The van der Waals surface area contributed by atoms with Gasteiger partial charge in [-0.15, -0.1) is 24.9 Å². The molecule has 1 heterocycles. The van der Waals surface area contributed by atoms with Gasteiger partial charge in [-0.25, -0.2) is 0 Å². The zero-order valence-electron chi connectivity index (χ0n) is 13.0. The molecule has 10 heteroatoms. The summed E-state index contributed by atoms with van der Waals surface area (Å²) in [5.74, 6) is 2.04. The molecule has 0 atom stereocenters. The summed E-state index contributed by atoms with van der Waals surface area (Å²) in [7, 11) is 3.60. The molecule has 2 rings (SSSR count). The van der Waals surface area contributed by atoms with Crippen LogP contribution in [0, 0.1) is 0 Å². The average molecular weight is 359 g/mol. The van der Waals surface area contributed by atoms with Crippen LogP contribution in [0.3, 0.4) is 0 Å². The Kier molecular flexibility index (Phi) is 5.71. The Balaban J connectivity index is 1.90. The Labute approximate surface area is 141 Å². The second-order valence-electron chi connectivity index (χ2n) is 4.99. The van der Waals surface area contributed by atoms with Gasteiger partial charge in [0, 0.05) is 19.8 Å². The highest BCUT2D eigenvalue weighted by Gasteiger charge is 2.30. The van der Waals surface area contributed by atoms with E-state index < -0.39 is 6.36 Å². The third-order valence-corrected chi connectivity index (χ3v) is 3.74. The molecule has 0 amide bonds. The van der Waals surface area contributed by atoms with E-state index in [0.29, 0.717) is 23.3 Å². The van der Waals surface area contributed by atoms with Crippen molar-refractivity contribution in [2.24, 2.45) is 0 Å². The van der Waals surface area contributed by atoms with E-state index in [4.69, 9.17) is 5.73 Å². The zero-order valence-corrected chi connectivity index (χ0v) is 13.9. The van der Waals surface area contributed by atoms with Gasteiger partial charge in [-0.2, -0.15) is 15.0 Å². The lowest BCUT2D eigenvalue weighted by molar-refractivity contribution is -0.274. The largest absolute Gasteiger partial charge is 0.573 e. The van der Waals surface area contributed by atoms with Gasteiger partial charge >= 0.3 is 6.36 Å². The van der Waals surface area contributed by atoms with Crippen molar-refractivity contribution in [3.05, 3.63) is 35.7 Å². The number of nitrogens with two attached hydrogens (primary N) is 1. The zero-order chi connectivity index (χ0) is 17.7. The smallest absolute Gasteiger partial charge is 0.406 e. The van der Waals surface area contributed by atoms with E-state index in [0.717, 1.165) is 5.56 Å². The van der Waals surface area contributed by atoms with Gasteiger partial charge in [-0.05, 0) is 17.7 Å². The van der Waals surface area contributed by atoms with Crippen molar-refractivity contribution in [2.45, 2.75) is 17.9 Å². The Morgan fingerprint density at radius 3 is 2.33 bits per heavy atom. The molecule has 130 valence electrons. The van der Waals surface area contributed by atoms with Crippen molar-refractivity contribution in [1.29, 1.82) is 0 Å². The normalized spacial score (nSPS) is 11.4. The van der Waals surface area contributed by atoms with E-state index in [1.165, 1.54) is 23.9 Å². The summed E-state index contributed by atoms with van der Waals surface area (Å²) in [6, 6.07) is 5.74. The van der Waals surface area contributed by atoms with Crippen LogP contribution in [0.5, 0.6) is 5.75 Å². The topological polar surface area (TPSA) is 77.2 Å². The molecule has 0 radical (unpaired) electrons. The van der Waals surface area contributed by atoms with Crippen molar-refractivity contribution in [1.82, 2.24) is 15.0 Å². The number of nitrogen functional groups attached to an aromatic ring is 1. The van der Waals surface area contributed by atoms with E-state index in [1.807, 2.05) is 0 Å². The van der Waals surface area contributed by atoms with Gasteiger partial charge in [0.15, 0.2) is 0 Å². The van der Waals surface area contributed by atoms with Crippen LogP contribution in [0.2, 0.25) is 0 Å². The number of anilines is 2. The number of hydrogen-bond acceptors (Lipinski definition) is 7. The first-order valence-corrected chi connectivity index (χ1v) is 7.98. The van der Waals surface area contributed by atoms with Gasteiger partial charge in [0.1, 0.15) is 11.6 Å². The Morgan fingerprint density at radius 2 is 1.75 bits per heavy atom. The molecule has 0 fully saturated rings. The number of ether oxygens (including phenoxy) is 1. The molecule has 6 nitrogen and oxygen atoms in total. The lowest BCUT2D eigenvalue weighted by Gasteiger charge is -2.11. The second-order valence-corrected chi connectivity index (χ2v) is 5.97. The van der Waals surface area contributed by atoms with Crippen molar-refractivity contribution >= 4 is 23.7 Å². The molecule has 2 N–H and O–H groups in total. The van der Waals surface area contributed by atoms with Crippen LogP contribution in [0.15, 0.2) is 24.3 Å².